The van der Waals surface area contributed by atoms with Gasteiger partial charge in [-0.1, -0.05) is 30.3 Å². The molecule has 0 spiro atoms. The Morgan fingerprint density at radius 3 is 2.45 bits per heavy atom. The molecule has 31 heavy (non-hydrogen) atoms. The summed E-state index contributed by atoms with van der Waals surface area (Å²) in [5.41, 5.74) is 3.80. The predicted octanol–water partition coefficient (Wildman–Crippen LogP) is 5.51. The first-order chi connectivity index (χ1) is 15.0. The van der Waals surface area contributed by atoms with Gasteiger partial charge < -0.3 is 14.8 Å². The van der Waals surface area contributed by atoms with E-state index in [2.05, 4.69) is 66.0 Å². The van der Waals surface area contributed by atoms with Crippen LogP contribution in [-0.2, 0) is 13.1 Å². The molecule has 4 aliphatic carbocycles. The average Bonchev–Trinajstić information content (AvgIpc) is 3.14. The van der Waals surface area contributed by atoms with Crippen LogP contribution in [0.1, 0.15) is 55.3 Å². The first kappa shape index (κ1) is 20.4. The SMILES string of the molecule is C=CCN(Cc1cccn1Cc1ccccc1C)C(=O)NC12CC3CC(CC(C3)C1)C2. The molecule has 4 fully saturated rings. The molecule has 1 aromatic carbocycles. The van der Waals surface area contributed by atoms with Crippen molar-refractivity contribution in [3.8, 4) is 0 Å². The van der Waals surface area contributed by atoms with Crippen LogP contribution in [0.5, 0.6) is 0 Å². The van der Waals surface area contributed by atoms with E-state index in [9.17, 15) is 4.79 Å². The third-order valence-corrected chi connectivity index (χ3v) is 7.93. The van der Waals surface area contributed by atoms with E-state index in [0.717, 1.165) is 30.0 Å². The fourth-order valence-electron chi connectivity index (χ4n) is 6.86. The number of benzene rings is 1. The average molecular weight is 418 g/mol. The Labute approximate surface area is 186 Å². The highest BCUT2D eigenvalue weighted by molar-refractivity contribution is 5.75. The highest BCUT2D eigenvalue weighted by atomic mass is 16.2. The summed E-state index contributed by atoms with van der Waals surface area (Å²) < 4.78 is 2.26. The van der Waals surface area contributed by atoms with Gasteiger partial charge in [0.1, 0.15) is 0 Å². The highest BCUT2D eigenvalue weighted by Gasteiger charge is 2.51. The maximum Gasteiger partial charge on any atom is 0.318 e. The minimum absolute atomic E-state index is 0.0361. The quantitative estimate of drug-likeness (QED) is 0.593. The number of hydrogen-bond donors (Lipinski definition) is 1. The Kier molecular flexibility index (Phi) is 5.41. The first-order valence-electron chi connectivity index (χ1n) is 11.9. The van der Waals surface area contributed by atoms with Crippen LogP contribution < -0.4 is 5.32 Å². The second-order valence-corrected chi connectivity index (χ2v) is 10.4. The van der Waals surface area contributed by atoms with Gasteiger partial charge in [0.2, 0.25) is 0 Å². The standard InChI is InChI=1S/C27H35N3O/c1-3-10-30(19-25-9-6-11-29(25)18-24-8-5-4-7-20(24)2)26(31)28-27-15-21-12-22(16-27)14-23(13-21)17-27/h3-9,11,21-23H,1,10,12-19H2,2H3,(H,28,31). The van der Waals surface area contributed by atoms with Gasteiger partial charge in [-0.2, -0.15) is 0 Å². The van der Waals surface area contributed by atoms with E-state index in [0.29, 0.717) is 13.1 Å². The summed E-state index contributed by atoms with van der Waals surface area (Å²) >= 11 is 0. The smallest absolute Gasteiger partial charge is 0.318 e. The number of aromatic nitrogens is 1. The molecular weight excluding hydrogens is 382 g/mol. The van der Waals surface area contributed by atoms with Crippen LogP contribution in [0.3, 0.4) is 0 Å². The fraction of sp³-hybridized carbons (Fsp3) is 0.519. The van der Waals surface area contributed by atoms with Gasteiger partial charge >= 0.3 is 6.03 Å². The van der Waals surface area contributed by atoms with Crippen molar-refractivity contribution in [3.05, 3.63) is 72.1 Å². The number of amides is 2. The van der Waals surface area contributed by atoms with Gasteiger partial charge in [0.05, 0.1) is 6.54 Å². The lowest BCUT2D eigenvalue weighted by Crippen LogP contribution is -2.61. The summed E-state index contributed by atoms with van der Waals surface area (Å²) in [5.74, 6) is 2.47. The molecule has 4 bridgehead atoms. The lowest BCUT2D eigenvalue weighted by Gasteiger charge is -2.57. The maximum atomic E-state index is 13.4. The van der Waals surface area contributed by atoms with Crippen LogP contribution in [0.25, 0.3) is 0 Å². The minimum Gasteiger partial charge on any atom is -0.345 e. The van der Waals surface area contributed by atoms with Gasteiger partial charge in [-0.15, -0.1) is 6.58 Å². The largest absolute Gasteiger partial charge is 0.345 e. The Hall–Kier alpha value is -2.49. The number of nitrogens with zero attached hydrogens (tertiary/aromatic N) is 2. The molecule has 1 heterocycles. The number of carbonyl (C=O) groups is 1. The van der Waals surface area contributed by atoms with Gasteiger partial charge in [-0.25, -0.2) is 4.79 Å². The summed E-state index contributed by atoms with van der Waals surface area (Å²) in [5, 5.41) is 3.53. The van der Waals surface area contributed by atoms with Crippen LogP contribution >= 0.6 is 0 Å². The van der Waals surface area contributed by atoms with Crippen molar-refractivity contribution in [2.75, 3.05) is 6.54 Å². The molecule has 4 heteroatoms. The molecule has 1 aromatic heterocycles. The fourth-order valence-corrected chi connectivity index (χ4v) is 6.86. The molecule has 0 atom stereocenters. The molecule has 2 amide bonds. The predicted molar refractivity (Wildman–Crippen MR) is 125 cm³/mol. The third kappa shape index (κ3) is 4.17. The molecule has 0 aliphatic heterocycles. The van der Waals surface area contributed by atoms with Crippen LogP contribution in [0, 0.1) is 24.7 Å². The van der Waals surface area contributed by atoms with E-state index in [1.54, 1.807) is 0 Å². The van der Waals surface area contributed by atoms with E-state index >= 15 is 0 Å². The van der Waals surface area contributed by atoms with E-state index in [1.165, 1.54) is 49.7 Å². The van der Waals surface area contributed by atoms with Crippen molar-refractivity contribution < 1.29 is 4.79 Å². The normalized spacial score (nSPS) is 28.5. The molecule has 1 N–H and O–H groups in total. The van der Waals surface area contributed by atoms with E-state index in [1.807, 2.05) is 11.0 Å². The molecule has 4 aliphatic rings. The Bertz CT molecular complexity index is 924. The van der Waals surface area contributed by atoms with Crippen molar-refractivity contribution in [1.29, 1.82) is 0 Å². The number of nitrogens with one attached hydrogen (secondary N) is 1. The summed E-state index contributed by atoms with van der Waals surface area (Å²) in [6.45, 7) is 8.06. The van der Waals surface area contributed by atoms with Crippen LogP contribution in [0.4, 0.5) is 4.79 Å². The lowest BCUT2D eigenvalue weighted by atomic mass is 9.53. The van der Waals surface area contributed by atoms with Crippen LogP contribution in [0.15, 0.2) is 55.3 Å². The van der Waals surface area contributed by atoms with Crippen LogP contribution in [-0.4, -0.2) is 27.6 Å². The Morgan fingerprint density at radius 2 is 1.81 bits per heavy atom. The lowest BCUT2D eigenvalue weighted by molar-refractivity contribution is -0.0156. The third-order valence-electron chi connectivity index (χ3n) is 7.93. The second kappa shape index (κ2) is 8.22. The number of hydrogen-bond acceptors (Lipinski definition) is 1. The molecule has 0 radical (unpaired) electrons. The molecule has 0 saturated heterocycles. The van der Waals surface area contributed by atoms with Crippen molar-refractivity contribution >= 4 is 6.03 Å². The zero-order valence-corrected chi connectivity index (χ0v) is 18.7. The molecule has 4 nitrogen and oxygen atoms in total. The second-order valence-electron chi connectivity index (χ2n) is 10.4. The van der Waals surface area contributed by atoms with Crippen molar-refractivity contribution in [2.45, 2.75) is 64.1 Å². The molecule has 4 saturated carbocycles. The monoisotopic (exact) mass is 417 g/mol. The van der Waals surface area contributed by atoms with Crippen molar-refractivity contribution in [3.63, 3.8) is 0 Å². The number of aryl methyl sites for hydroxylation is 1. The zero-order chi connectivity index (χ0) is 21.4. The van der Waals surface area contributed by atoms with Gasteiger partial charge in [0, 0.05) is 30.5 Å². The Morgan fingerprint density at radius 1 is 1.13 bits per heavy atom. The van der Waals surface area contributed by atoms with Crippen molar-refractivity contribution in [2.24, 2.45) is 17.8 Å². The topological polar surface area (TPSA) is 37.3 Å². The van der Waals surface area contributed by atoms with E-state index in [-0.39, 0.29) is 11.6 Å². The summed E-state index contributed by atoms with van der Waals surface area (Å²) in [4.78, 5) is 15.4. The van der Waals surface area contributed by atoms with Gasteiger partial charge in [0.15, 0.2) is 0 Å². The number of carbonyl (C=O) groups excluding carboxylic acids is 1. The minimum atomic E-state index is 0.0361. The van der Waals surface area contributed by atoms with Gasteiger partial charge in [0.25, 0.3) is 0 Å². The molecule has 6 rings (SSSR count). The number of urea groups is 1. The molecule has 0 unspecified atom stereocenters. The summed E-state index contributed by atoms with van der Waals surface area (Å²) in [6.07, 6.45) is 11.6. The highest BCUT2D eigenvalue weighted by Crippen LogP contribution is 2.55. The Balaban J connectivity index is 1.30. The molecule has 2 aromatic rings. The van der Waals surface area contributed by atoms with Crippen molar-refractivity contribution in [1.82, 2.24) is 14.8 Å². The maximum absolute atomic E-state index is 13.4. The first-order valence-corrected chi connectivity index (χ1v) is 11.9. The van der Waals surface area contributed by atoms with Crippen LogP contribution in [0.2, 0.25) is 0 Å². The molecular formula is C27H35N3O. The van der Waals surface area contributed by atoms with E-state index in [4.69, 9.17) is 0 Å². The van der Waals surface area contributed by atoms with E-state index < -0.39 is 0 Å². The zero-order valence-electron chi connectivity index (χ0n) is 18.7. The van der Waals surface area contributed by atoms with Gasteiger partial charge in [-0.05, 0) is 86.5 Å². The van der Waals surface area contributed by atoms with Gasteiger partial charge in [-0.3, -0.25) is 0 Å². The molecule has 164 valence electrons. The number of rotatable bonds is 7. The summed E-state index contributed by atoms with van der Waals surface area (Å²) in [6, 6.07) is 12.8. The summed E-state index contributed by atoms with van der Waals surface area (Å²) in [7, 11) is 0.